The number of fused-ring (bicyclic) bond motifs is 7. The molecule has 0 saturated carbocycles. The maximum absolute atomic E-state index is 14.4. The Hall–Kier alpha value is -5.38. The number of carbonyl (C=O) groups excluding carboxylic acids is 4. The van der Waals surface area contributed by atoms with Crippen LogP contribution in [0.2, 0.25) is 0 Å². The maximum atomic E-state index is 14.4. The molecule has 1 fully saturated rings. The number of carbonyl (C=O) groups is 4. The Balaban J connectivity index is 1.23. The molecule has 3 aromatic heterocycles. The van der Waals surface area contributed by atoms with E-state index >= 15 is 0 Å². The molecular formula is C55H74N4O6. The number of aromatic nitrogens is 3. The van der Waals surface area contributed by atoms with Crippen molar-refractivity contribution >= 4 is 53.9 Å². The zero-order chi connectivity index (χ0) is 47.1. The van der Waals surface area contributed by atoms with E-state index in [1.807, 2.05) is 45.1 Å². The number of hydrogen-bond donors (Lipinski definition) is 4. The Morgan fingerprint density at radius 3 is 2.15 bits per heavy atom. The molecule has 0 aromatic carbocycles. The van der Waals surface area contributed by atoms with Gasteiger partial charge in [-0.2, -0.15) is 0 Å². The van der Waals surface area contributed by atoms with Crippen LogP contribution in [0.1, 0.15) is 185 Å². The molecule has 8 bridgehead atoms. The monoisotopic (exact) mass is 887 g/mol. The molecule has 10 heteroatoms. The molecule has 350 valence electrons. The second kappa shape index (κ2) is 21.7. The Bertz CT molecular complexity index is 2500. The van der Waals surface area contributed by atoms with Crippen molar-refractivity contribution in [3.8, 4) is 0 Å². The highest BCUT2D eigenvalue weighted by molar-refractivity contribution is 6.24. The molecule has 0 unspecified atom stereocenters. The third-order valence-electron chi connectivity index (χ3n) is 14.4. The molecule has 2 aliphatic heterocycles. The number of allylic oxidation sites excluding steroid dienone is 3. The molecule has 4 N–H and O–H groups in total. The van der Waals surface area contributed by atoms with Gasteiger partial charge in [-0.3, -0.25) is 19.2 Å². The molecule has 3 aliphatic rings. The summed E-state index contributed by atoms with van der Waals surface area (Å²) in [7, 11) is 1.30. The summed E-state index contributed by atoms with van der Waals surface area (Å²) in [6.07, 6.45) is 23.1. The predicted molar refractivity (Wildman–Crippen MR) is 262 cm³/mol. The summed E-state index contributed by atoms with van der Waals surface area (Å²) in [4.78, 5) is 64.7. The third kappa shape index (κ3) is 10.8. The molecule has 0 spiro atoms. The summed E-state index contributed by atoms with van der Waals surface area (Å²) in [5.41, 5.74) is 10.6. The fourth-order valence-electron chi connectivity index (χ4n) is 10.4. The van der Waals surface area contributed by atoms with Crippen molar-refractivity contribution in [3.05, 3.63) is 96.5 Å². The van der Waals surface area contributed by atoms with Gasteiger partial charge in [-0.05, 0) is 105 Å². The van der Waals surface area contributed by atoms with Crippen LogP contribution in [0.3, 0.4) is 0 Å². The molecular weight excluding hydrogens is 813 g/mol. The van der Waals surface area contributed by atoms with E-state index in [9.17, 15) is 19.2 Å². The minimum absolute atomic E-state index is 0.134. The quantitative estimate of drug-likeness (QED) is 0.0361. The van der Waals surface area contributed by atoms with Crippen LogP contribution in [0, 0.1) is 49.4 Å². The highest BCUT2D eigenvalue weighted by Gasteiger charge is 2.48. The first-order chi connectivity index (χ1) is 31.1. The van der Waals surface area contributed by atoms with Gasteiger partial charge in [0, 0.05) is 74.3 Å². The summed E-state index contributed by atoms with van der Waals surface area (Å²) in [5, 5.41) is 5.08. The molecule has 6 rings (SSSR count). The normalized spacial score (nSPS) is 21.8. The van der Waals surface area contributed by atoms with E-state index in [0.717, 1.165) is 70.1 Å². The van der Waals surface area contributed by atoms with Crippen LogP contribution in [0.15, 0.2) is 29.6 Å². The summed E-state index contributed by atoms with van der Waals surface area (Å²) in [6.45, 7) is 23.9. The van der Waals surface area contributed by atoms with Gasteiger partial charge >= 0.3 is 11.9 Å². The topological polar surface area (TPSA) is 146 Å². The van der Waals surface area contributed by atoms with Crippen molar-refractivity contribution in [2.45, 2.75) is 139 Å². The highest BCUT2D eigenvalue weighted by Crippen LogP contribution is 2.48. The van der Waals surface area contributed by atoms with Crippen LogP contribution in [0.25, 0.3) is 29.9 Å². The Labute approximate surface area is 386 Å². The lowest BCUT2D eigenvalue weighted by Crippen LogP contribution is -2.25. The molecule has 10 nitrogen and oxygen atoms in total. The second-order valence-corrected chi connectivity index (χ2v) is 19.6. The zero-order valence-electron chi connectivity index (χ0n) is 40.8. The molecule has 0 radical (unpaired) electrons. The van der Waals surface area contributed by atoms with E-state index in [2.05, 4.69) is 74.5 Å². The first-order valence-electron chi connectivity index (χ1n) is 24.2. The van der Waals surface area contributed by atoms with Crippen LogP contribution >= 0.6 is 0 Å². The number of nitrogens with one attached hydrogen (secondary N) is 4. The van der Waals surface area contributed by atoms with Gasteiger partial charge < -0.3 is 29.7 Å². The van der Waals surface area contributed by atoms with Crippen molar-refractivity contribution in [2.24, 2.45) is 35.5 Å². The number of H-pyrrole nitrogens is 3. The van der Waals surface area contributed by atoms with Crippen molar-refractivity contribution in [2.75, 3.05) is 13.7 Å². The van der Waals surface area contributed by atoms with E-state index in [-0.39, 0.29) is 36.6 Å². The van der Waals surface area contributed by atoms with Crippen LogP contribution in [0.4, 0.5) is 0 Å². The second-order valence-electron chi connectivity index (χ2n) is 19.6. The van der Waals surface area contributed by atoms with Crippen molar-refractivity contribution < 1.29 is 28.7 Å². The number of methoxy groups -OCH3 is 1. The lowest BCUT2D eigenvalue weighted by molar-refractivity contribution is -0.143. The van der Waals surface area contributed by atoms with Gasteiger partial charge in [0.2, 0.25) is 0 Å². The number of ether oxygens (including phenoxy) is 2. The van der Waals surface area contributed by atoms with Gasteiger partial charge in [0.25, 0.3) is 0 Å². The third-order valence-corrected chi connectivity index (χ3v) is 14.4. The average Bonchev–Trinajstić information content (AvgIpc) is 4.02. The number of rotatable bonds is 21. The number of hydrogen-bond acceptors (Lipinski definition) is 7. The van der Waals surface area contributed by atoms with E-state index in [1.165, 1.54) is 57.6 Å². The molecule has 1 saturated heterocycles. The fourth-order valence-corrected chi connectivity index (χ4v) is 10.4. The van der Waals surface area contributed by atoms with Gasteiger partial charge in [-0.1, -0.05) is 105 Å². The summed E-state index contributed by atoms with van der Waals surface area (Å²) < 4.78 is 11.1. The summed E-state index contributed by atoms with van der Waals surface area (Å²) in [5.74, 6) is -0.546. The SMILES string of the molecule is C=Cc1c2[nH]c(c1C)/C=C1/N/C(=C3\c4[nH]c(c(C)c4C(=O)[C@@H]3C(=O)OC)/C=c3\[nH]/c(c(C=O)c3CC)=C\2)[C@@H](CCC(=O)OC/C=C(\C)CCC[C@H](C)CCC[C@H](C)CCCC(C)C)[C@@H]1C. The first-order valence-corrected chi connectivity index (χ1v) is 24.2. The standard InChI is InChI=1S/C55H74N4O6/c1-12-38-35(8)42-27-43-36(9)40(23-24-48(61)65-26-25-34(7)22-16-21-33(6)20-15-19-32(5)18-14-17-31(3)4)52(58-43)50-51(55(63)64-11)54(62)49-37(10)44(59-53(49)50)28-46-39(13-2)41(30-60)47(57-46)29-45(38)56-42/h12,25,27-33,36,40,51,56-59H,1,13-24,26H2,2-11H3/b34-25+,43-27+,46-28-,47-29-,52-50-/t32-,33-,36+,40+,51-/m1/s1. The van der Waals surface area contributed by atoms with E-state index in [4.69, 9.17) is 9.47 Å². The van der Waals surface area contributed by atoms with E-state index in [1.54, 1.807) is 0 Å². The van der Waals surface area contributed by atoms with Crippen molar-refractivity contribution in [1.82, 2.24) is 20.3 Å². The highest BCUT2D eigenvalue weighted by atomic mass is 16.5. The van der Waals surface area contributed by atoms with Gasteiger partial charge in [0.1, 0.15) is 12.5 Å². The Morgan fingerprint density at radius 1 is 0.846 bits per heavy atom. The number of ketones is 1. The minimum Gasteiger partial charge on any atom is -0.468 e. The fraction of sp³-hybridized carbons (Fsp3) is 0.527. The Morgan fingerprint density at radius 2 is 1.51 bits per heavy atom. The summed E-state index contributed by atoms with van der Waals surface area (Å²) in [6, 6.07) is 0. The lowest BCUT2D eigenvalue weighted by Gasteiger charge is -2.19. The van der Waals surface area contributed by atoms with Gasteiger partial charge in [-0.25, -0.2) is 0 Å². The van der Waals surface area contributed by atoms with Crippen LogP contribution < -0.4 is 16.0 Å². The predicted octanol–water partition coefficient (Wildman–Crippen LogP) is 10.6. The van der Waals surface area contributed by atoms with Crippen molar-refractivity contribution in [3.63, 3.8) is 0 Å². The summed E-state index contributed by atoms with van der Waals surface area (Å²) >= 11 is 0. The maximum Gasteiger partial charge on any atom is 0.321 e. The minimum atomic E-state index is -1.19. The van der Waals surface area contributed by atoms with Crippen molar-refractivity contribution in [1.29, 1.82) is 0 Å². The zero-order valence-corrected chi connectivity index (χ0v) is 40.8. The van der Waals surface area contributed by atoms with E-state index < -0.39 is 11.9 Å². The number of aldehydes is 1. The van der Waals surface area contributed by atoms with Crippen LogP contribution in [-0.4, -0.2) is 52.7 Å². The number of esters is 2. The molecule has 1 aliphatic carbocycles. The Kier molecular flexibility index (Phi) is 16.4. The smallest absolute Gasteiger partial charge is 0.321 e. The largest absolute Gasteiger partial charge is 0.468 e. The molecule has 65 heavy (non-hydrogen) atoms. The lowest BCUT2D eigenvalue weighted by atomic mass is 9.85. The molecule has 0 amide bonds. The number of Topliss-reactive ketones (excluding diaryl/α,β-unsaturated/α-hetero) is 1. The average molecular weight is 887 g/mol. The molecule has 3 aromatic rings. The molecule has 5 heterocycles. The van der Waals surface area contributed by atoms with Gasteiger partial charge in [0.05, 0.1) is 18.2 Å². The van der Waals surface area contributed by atoms with Crippen LogP contribution in [-0.2, 0) is 25.5 Å². The first kappa shape index (κ1) is 49.1. The number of aromatic amines is 3. The van der Waals surface area contributed by atoms with E-state index in [0.29, 0.717) is 63.5 Å². The van der Waals surface area contributed by atoms with Crippen LogP contribution in [0.5, 0.6) is 0 Å². The molecule has 5 atom stereocenters. The van der Waals surface area contributed by atoms with Gasteiger partial charge in [-0.15, -0.1) is 0 Å². The van der Waals surface area contributed by atoms with Gasteiger partial charge in [0.15, 0.2) is 12.1 Å².